The number of ether oxygens (including phenoxy) is 4. The zero-order valence-electron chi connectivity index (χ0n) is 20.5. The van der Waals surface area contributed by atoms with E-state index >= 15 is 0 Å². The Morgan fingerprint density at radius 2 is 1.55 bits per heavy atom. The van der Waals surface area contributed by atoms with E-state index in [2.05, 4.69) is 10.1 Å². The number of carbonyl (C=O) groups excluding carboxylic acids is 1. The van der Waals surface area contributed by atoms with Crippen molar-refractivity contribution >= 4 is 39.8 Å². The van der Waals surface area contributed by atoms with Gasteiger partial charge in [0, 0.05) is 6.07 Å². The number of amides is 1. The van der Waals surface area contributed by atoms with Crippen molar-refractivity contribution in [2.45, 2.75) is 0 Å². The molecule has 1 N–H and O–H groups in total. The van der Waals surface area contributed by atoms with Crippen LogP contribution in [0.4, 0.5) is 0 Å². The Morgan fingerprint density at radius 1 is 0.868 bits per heavy atom. The molecule has 2 heterocycles. The Balaban J connectivity index is 1.20. The second kappa shape index (κ2) is 11.7. The van der Waals surface area contributed by atoms with Gasteiger partial charge in [-0.1, -0.05) is 36.4 Å². The molecule has 9 nitrogen and oxygen atoms in total. The van der Waals surface area contributed by atoms with Crippen molar-refractivity contribution in [2.24, 2.45) is 10.1 Å². The fraction of sp³-hybridized carbons (Fsp3) is 0.143. The van der Waals surface area contributed by atoms with Gasteiger partial charge in [-0.05, 0) is 59.8 Å². The summed E-state index contributed by atoms with van der Waals surface area (Å²) in [4.78, 5) is 16.9. The van der Waals surface area contributed by atoms with Gasteiger partial charge in [-0.15, -0.1) is 0 Å². The topological polar surface area (TPSA) is 106 Å². The van der Waals surface area contributed by atoms with Gasteiger partial charge in [0.2, 0.25) is 5.17 Å². The number of nitrogens with zero attached hydrogens (tertiary/aromatic N) is 3. The molecule has 5 rings (SSSR count). The van der Waals surface area contributed by atoms with Crippen molar-refractivity contribution in [3.8, 4) is 23.0 Å². The molecule has 0 fully saturated rings. The van der Waals surface area contributed by atoms with Gasteiger partial charge >= 0.3 is 0 Å². The molecule has 1 amide bonds. The Morgan fingerprint density at radius 3 is 2.32 bits per heavy atom. The van der Waals surface area contributed by atoms with Gasteiger partial charge in [-0.2, -0.15) is 15.1 Å². The standard InChI is InChI=1S/C28H24N4O5S/c1-34-21-10-6-12-23(17-21)36-14-13-35-22-11-5-7-19(15-22)16-24-26(29)32-28(30-27(24)33)38-25(31-32)18-37-20-8-3-2-4-9-20/h2-12,15-17,29H,13-14,18H2,1H3/b24-16-,29-26?. The number of hydrogen-bond donors (Lipinski definition) is 1. The number of nitrogens with one attached hydrogen (secondary N) is 1. The SMILES string of the molecule is COc1cccc(OCCOc2cccc(/C=C3/C(=N)N4N=C(COc5ccccc5)SC4=NC3=O)c2)c1. The number of rotatable bonds is 10. The monoisotopic (exact) mass is 528 g/mol. The molecule has 0 saturated carbocycles. The van der Waals surface area contributed by atoms with E-state index in [1.54, 1.807) is 25.3 Å². The average Bonchev–Trinajstić information content (AvgIpc) is 3.36. The summed E-state index contributed by atoms with van der Waals surface area (Å²) in [6.45, 7) is 0.888. The molecule has 2 aliphatic rings. The minimum Gasteiger partial charge on any atom is -0.497 e. The lowest BCUT2D eigenvalue weighted by Crippen LogP contribution is -2.35. The minimum atomic E-state index is -0.493. The Hall–Kier alpha value is -4.57. The second-order valence-corrected chi connectivity index (χ2v) is 9.10. The normalized spacial score (nSPS) is 15.6. The molecule has 38 heavy (non-hydrogen) atoms. The first-order valence-corrected chi connectivity index (χ1v) is 12.6. The number of methoxy groups -OCH3 is 1. The van der Waals surface area contributed by atoms with E-state index in [9.17, 15) is 4.79 Å². The molecule has 0 spiro atoms. The number of hydrazone groups is 1. The molecule has 0 aliphatic carbocycles. The summed E-state index contributed by atoms with van der Waals surface area (Å²) in [5, 5.41) is 15.3. The van der Waals surface area contributed by atoms with E-state index in [1.165, 1.54) is 16.8 Å². The number of carbonyl (C=O) groups is 1. The molecule has 10 heteroatoms. The molecule has 0 saturated heterocycles. The highest BCUT2D eigenvalue weighted by Gasteiger charge is 2.35. The van der Waals surface area contributed by atoms with E-state index in [0.717, 1.165) is 5.75 Å². The maximum Gasteiger partial charge on any atom is 0.283 e. The first-order valence-electron chi connectivity index (χ1n) is 11.8. The third-order valence-corrected chi connectivity index (χ3v) is 6.31. The summed E-state index contributed by atoms with van der Waals surface area (Å²) >= 11 is 1.22. The quantitative estimate of drug-likeness (QED) is 0.296. The third kappa shape index (κ3) is 6.04. The van der Waals surface area contributed by atoms with Gasteiger partial charge in [-0.3, -0.25) is 10.2 Å². The summed E-state index contributed by atoms with van der Waals surface area (Å²) in [6, 6.07) is 24.0. The highest BCUT2D eigenvalue weighted by molar-refractivity contribution is 8.27. The highest BCUT2D eigenvalue weighted by atomic mass is 32.2. The lowest BCUT2D eigenvalue weighted by atomic mass is 10.1. The number of aliphatic imine (C=N–C) groups is 1. The van der Waals surface area contributed by atoms with Crippen molar-refractivity contribution in [1.29, 1.82) is 5.41 Å². The van der Waals surface area contributed by atoms with Crippen molar-refractivity contribution in [3.63, 3.8) is 0 Å². The Kier molecular flexibility index (Phi) is 7.70. The predicted molar refractivity (Wildman–Crippen MR) is 147 cm³/mol. The van der Waals surface area contributed by atoms with E-state index in [4.69, 9.17) is 24.4 Å². The van der Waals surface area contributed by atoms with Crippen LogP contribution in [0.25, 0.3) is 6.08 Å². The van der Waals surface area contributed by atoms with Crippen LogP contribution < -0.4 is 18.9 Å². The zero-order valence-corrected chi connectivity index (χ0v) is 21.3. The molecular formula is C28H24N4O5S. The molecule has 192 valence electrons. The molecule has 3 aromatic carbocycles. The van der Waals surface area contributed by atoms with Crippen molar-refractivity contribution < 1.29 is 23.7 Å². The number of hydrogen-bond acceptors (Lipinski definition) is 8. The molecule has 0 aromatic heterocycles. The number of thioether (sulfide) groups is 1. The lowest BCUT2D eigenvalue weighted by Gasteiger charge is -2.20. The van der Waals surface area contributed by atoms with E-state index in [-0.39, 0.29) is 18.0 Å². The van der Waals surface area contributed by atoms with Crippen LogP contribution in [0.5, 0.6) is 23.0 Å². The molecular weight excluding hydrogens is 504 g/mol. The molecule has 2 aliphatic heterocycles. The van der Waals surface area contributed by atoms with Crippen LogP contribution >= 0.6 is 11.8 Å². The van der Waals surface area contributed by atoms with Crippen LogP contribution in [-0.4, -0.2) is 53.9 Å². The average molecular weight is 529 g/mol. The number of fused-ring (bicyclic) bond motifs is 1. The van der Waals surface area contributed by atoms with E-state index in [0.29, 0.717) is 46.2 Å². The fourth-order valence-corrected chi connectivity index (χ4v) is 4.42. The first kappa shape index (κ1) is 25.1. The van der Waals surface area contributed by atoms with Crippen molar-refractivity contribution in [2.75, 3.05) is 26.9 Å². The maximum absolute atomic E-state index is 12.7. The first-order chi connectivity index (χ1) is 18.6. The minimum absolute atomic E-state index is 0.0415. The number of amidine groups is 2. The van der Waals surface area contributed by atoms with Crippen LogP contribution in [0.2, 0.25) is 0 Å². The zero-order chi connectivity index (χ0) is 26.3. The molecule has 0 unspecified atom stereocenters. The summed E-state index contributed by atoms with van der Waals surface area (Å²) < 4.78 is 22.5. The summed E-state index contributed by atoms with van der Waals surface area (Å²) in [6.07, 6.45) is 1.61. The predicted octanol–water partition coefficient (Wildman–Crippen LogP) is 4.85. The molecule has 0 radical (unpaired) electrons. The van der Waals surface area contributed by atoms with Crippen LogP contribution in [0.3, 0.4) is 0 Å². The Labute approximate surface area is 223 Å². The van der Waals surface area contributed by atoms with Gasteiger partial charge in [0.1, 0.15) is 47.9 Å². The summed E-state index contributed by atoms with van der Waals surface area (Å²) in [7, 11) is 1.61. The number of para-hydroxylation sites is 1. The van der Waals surface area contributed by atoms with Gasteiger partial charge in [-0.25, -0.2) is 0 Å². The van der Waals surface area contributed by atoms with Crippen LogP contribution in [0.15, 0.2) is 94.5 Å². The summed E-state index contributed by atoms with van der Waals surface area (Å²) in [5.74, 6) is 2.20. The fourth-order valence-electron chi connectivity index (χ4n) is 3.62. The van der Waals surface area contributed by atoms with Crippen LogP contribution in [-0.2, 0) is 4.79 Å². The number of benzene rings is 3. The lowest BCUT2D eigenvalue weighted by molar-refractivity contribution is -0.114. The third-order valence-electron chi connectivity index (χ3n) is 5.43. The largest absolute Gasteiger partial charge is 0.497 e. The van der Waals surface area contributed by atoms with Crippen molar-refractivity contribution in [3.05, 3.63) is 90.0 Å². The van der Waals surface area contributed by atoms with Gasteiger partial charge < -0.3 is 18.9 Å². The molecule has 0 bridgehead atoms. The second-order valence-electron chi connectivity index (χ2n) is 8.06. The van der Waals surface area contributed by atoms with E-state index < -0.39 is 5.91 Å². The van der Waals surface area contributed by atoms with E-state index in [1.807, 2.05) is 66.7 Å². The molecule has 3 aromatic rings. The van der Waals surface area contributed by atoms with Crippen molar-refractivity contribution in [1.82, 2.24) is 5.01 Å². The van der Waals surface area contributed by atoms with Gasteiger partial charge in [0.05, 0.1) is 12.7 Å². The Bertz CT molecular complexity index is 1440. The van der Waals surface area contributed by atoms with Crippen LogP contribution in [0.1, 0.15) is 5.56 Å². The van der Waals surface area contributed by atoms with Crippen LogP contribution in [0, 0.1) is 5.41 Å². The van der Waals surface area contributed by atoms with Gasteiger partial charge in [0.25, 0.3) is 5.91 Å². The summed E-state index contributed by atoms with van der Waals surface area (Å²) in [5.41, 5.74) is 0.841. The molecule has 0 atom stereocenters. The smallest absolute Gasteiger partial charge is 0.283 e. The maximum atomic E-state index is 12.7. The highest BCUT2D eigenvalue weighted by Crippen LogP contribution is 2.29. The van der Waals surface area contributed by atoms with Gasteiger partial charge in [0.15, 0.2) is 5.84 Å².